The highest BCUT2D eigenvalue weighted by molar-refractivity contribution is 8.04. The van der Waals surface area contributed by atoms with Crippen molar-refractivity contribution in [2.75, 3.05) is 4.90 Å². The number of amides is 2. The van der Waals surface area contributed by atoms with E-state index in [0.29, 0.717) is 17.0 Å². The number of hydrogen-bond donors (Lipinski definition) is 1. The van der Waals surface area contributed by atoms with Crippen molar-refractivity contribution < 1.29 is 9.59 Å². The van der Waals surface area contributed by atoms with Crippen LogP contribution in [0, 0.1) is 30.1 Å². The monoisotopic (exact) mass is 562 g/mol. The lowest BCUT2D eigenvalue weighted by Crippen LogP contribution is -2.55. The topological polar surface area (TPSA) is 49.4 Å². The van der Waals surface area contributed by atoms with Crippen LogP contribution in [0.3, 0.4) is 0 Å². The molecule has 2 amide bonds. The summed E-state index contributed by atoms with van der Waals surface area (Å²) in [6.07, 6.45) is 10.0. The molecule has 4 bridgehead atoms. The van der Waals surface area contributed by atoms with Gasteiger partial charge in [0.05, 0.1) is 17.1 Å². The first kappa shape index (κ1) is 26.6. The van der Waals surface area contributed by atoms with Crippen molar-refractivity contribution in [3.63, 3.8) is 0 Å². The zero-order valence-corrected chi connectivity index (χ0v) is 24.8. The average molecular weight is 563 g/mol. The normalized spacial score (nSPS) is 28.0. The fourth-order valence-corrected chi connectivity index (χ4v) is 9.49. The molecule has 0 spiro atoms. The smallest absolute Gasteiger partial charge is 0.265 e. The Morgan fingerprint density at radius 2 is 1.66 bits per heavy atom. The van der Waals surface area contributed by atoms with Crippen LogP contribution in [0.15, 0.2) is 82.6 Å². The molecule has 4 fully saturated rings. The van der Waals surface area contributed by atoms with E-state index in [1.165, 1.54) is 55.9 Å². The third kappa shape index (κ3) is 5.14. The van der Waals surface area contributed by atoms with E-state index in [-0.39, 0.29) is 23.3 Å². The molecule has 1 aliphatic heterocycles. The second-order valence-corrected chi connectivity index (χ2v) is 14.1. The number of para-hydroxylation sites is 1. The maximum atomic E-state index is 13.7. The van der Waals surface area contributed by atoms with Crippen molar-refractivity contribution in [3.05, 3.63) is 100.0 Å². The molecule has 4 aliphatic carbocycles. The molecule has 5 heteroatoms. The van der Waals surface area contributed by atoms with Crippen LogP contribution in [-0.4, -0.2) is 17.9 Å². The highest BCUT2D eigenvalue weighted by Gasteiger charge is 2.53. The Balaban J connectivity index is 1.07. The molecule has 0 radical (unpaired) electrons. The van der Waals surface area contributed by atoms with Crippen LogP contribution in [0.1, 0.15) is 72.5 Å². The van der Waals surface area contributed by atoms with Gasteiger partial charge < -0.3 is 10.2 Å². The van der Waals surface area contributed by atoms with Gasteiger partial charge in [-0.15, -0.1) is 0 Å². The van der Waals surface area contributed by atoms with Crippen LogP contribution >= 0.6 is 11.8 Å². The minimum Gasteiger partial charge on any atom is -0.349 e. The molecule has 3 aromatic carbocycles. The summed E-state index contributed by atoms with van der Waals surface area (Å²) >= 11 is 1.51. The van der Waals surface area contributed by atoms with Crippen LogP contribution in [0.25, 0.3) is 6.08 Å². The molecule has 0 saturated heterocycles. The van der Waals surface area contributed by atoms with Crippen molar-refractivity contribution >= 4 is 35.3 Å². The summed E-state index contributed by atoms with van der Waals surface area (Å²) in [7, 11) is 0. The number of fused-ring (bicyclic) bond motifs is 1. The van der Waals surface area contributed by atoms with Crippen molar-refractivity contribution in [1.82, 2.24) is 5.32 Å². The van der Waals surface area contributed by atoms with Crippen molar-refractivity contribution in [3.8, 4) is 0 Å². The molecule has 5 aliphatic rings. The van der Waals surface area contributed by atoms with Gasteiger partial charge in [0.15, 0.2) is 0 Å². The SMILES string of the molecule is Cc1cccc(CN2C(=O)/C(=C\c3ccc(C(=O)N[C@@H](C)C45CC6CC(CC(C6)C4)C5)cc3)Sc3ccccc32)c1. The molecule has 8 rings (SSSR count). The lowest BCUT2D eigenvalue weighted by molar-refractivity contribution is -0.114. The van der Waals surface area contributed by atoms with Crippen LogP contribution in [0.2, 0.25) is 0 Å². The number of aryl methyl sites for hydroxylation is 1. The highest BCUT2D eigenvalue weighted by Crippen LogP contribution is 2.61. The summed E-state index contributed by atoms with van der Waals surface area (Å²) in [5.74, 6) is 2.62. The predicted molar refractivity (Wildman–Crippen MR) is 167 cm³/mol. The molecular formula is C36H38N2O2S. The first-order chi connectivity index (χ1) is 19.8. The van der Waals surface area contributed by atoms with E-state index in [1.54, 1.807) is 0 Å². The first-order valence-electron chi connectivity index (χ1n) is 15.1. The van der Waals surface area contributed by atoms with Gasteiger partial charge in [-0.3, -0.25) is 9.59 Å². The maximum Gasteiger partial charge on any atom is 0.265 e. The Labute approximate surface area is 247 Å². The zero-order valence-electron chi connectivity index (χ0n) is 23.9. The van der Waals surface area contributed by atoms with E-state index in [9.17, 15) is 9.59 Å². The number of hydrogen-bond acceptors (Lipinski definition) is 3. The molecule has 4 saturated carbocycles. The number of carbonyl (C=O) groups is 2. The zero-order chi connectivity index (χ0) is 28.1. The molecule has 3 aromatic rings. The molecule has 41 heavy (non-hydrogen) atoms. The quantitative estimate of drug-likeness (QED) is 0.310. The van der Waals surface area contributed by atoms with E-state index in [2.05, 4.69) is 43.4 Å². The van der Waals surface area contributed by atoms with Gasteiger partial charge >= 0.3 is 0 Å². The summed E-state index contributed by atoms with van der Waals surface area (Å²) in [6.45, 7) is 4.83. The lowest BCUT2D eigenvalue weighted by atomic mass is 9.48. The van der Waals surface area contributed by atoms with E-state index < -0.39 is 0 Å². The number of rotatable bonds is 6. The lowest BCUT2D eigenvalue weighted by Gasteiger charge is -2.59. The maximum absolute atomic E-state index is 13.7. The molecular weight excluding hydrogens is 524 g/mol. The predicted octanol–water partition coefficient (Wildman–Crippen LogP) is 8.01. The highest BCUT2D eigenvalue weighted by atomic mass is 32.2. The summed E-state index contributed by atoms with van der Waals surface area (Å²) in [5, 5.41) is 3.39. The Morgan fingerprint density at radius 3 is 2.34 bits per heavy atom. The Hall–Kier alpha value is -3.31. The first-order valence-corrected chi connectivity index (χ1v) is 15.9. The minimum absolute atomic E-state index is 0.00132. The third-order valence-corrected chi connectivity index (χ3v) is 11.2. The van der Waals surface area contributed by atoms with Gasteiger partial charge in [0.1, 0.15) is 0 Å². The van der Waals surface area contributed by atoms with Crippen LogP contribution in [0.5, 0.6) is 0 Å². The van der Waals surface area contributed by atoms with Crippen molar-refractivity contribution in [2.24, 2.45) is 23.2 Å². The van der Waals surface area contributed by atoms with Gasteiger partial charge in [0, 0.05) is 16.5 Å². The standard InChI is InChI=1S/C36H38N2O2S/c1-23-6-5-7-26(14-23)22-38-31-8-3-4-9-32(31)41-33(35(38)40)18-25-10-12-30(13-11-25)34(39)37-24(2)36-19-27-15-28(20-36)17-29(16-27)21-36/h3-14,18,24,27-29H,15-17,19-22H2,1-2H3,(H,37,39)/b33-18+/t24-,27?,28?,29?,36?/m0/s1. The third-order valence-electron chi connectivity index (χ3n) is 10.1. The second-order valence-electron chi connectivity index (χ2n) is 13.1. The Morgan fingerprint density at radius 1 is 0.976 bits per heavy atom. The molecule has 1 atom stereocenters. The van der Waals surface area contributed by atoms with E-state index in [0.717, 1.165) is 39.5 Å². The van der Waals surface area contributed by atoms with Crippen LogP contribution < -0.4 is 10.2 Å². The molecule has 4 nitrogen and oxygen atoms in total. The van der Waals surface area contributed by atoms with Crippen LogP contribution in [0.4, 0.5) is 5.69 Å². The van der Waals surface area contributed by atoms with Gasteiger partial charge in [-0.25, -0.2) is 0 Å². The summed E-state index contributed by atoms with van der Waals surface area (Å²) < 4.78 is 0. The summed E-state index contributed by atoms with van der Waals surface area (Å²) in [4.78, 5) is 30.6. The number of thioether (sulfide) groups is 1. The number of nitrogens with one attached hydrogen (secondary N) is 1. The van der Waals surface area contributed by atoms with E-state index >= 15 is 0 Å². The van der Waals surface area contributed by atoms with E-state index in [1.807, 2.05) is 59.5 Å². The Bertz CT molecular complexity index is 1490. The average Bonchev–Trinajstić information content (AvgIpc) is 2.95. The van der Waals surface area contributed by atoms with Gasteiger partial charge in [0.2, 0.25) is 0 Å². The largest absolute Gasteiger partial charge is 0.349 e. The van der Waals surface area contributed by atoms with Crippen molar-refractivity contribution in [2.45, 2.75) is 69.9 Å². The fourth-order valence-electron chi connectivity index (χ4n) is 8.44. The molecule has 0 aromatic heterocycles. The molecule has 0 unspecified atom stereocenters. The van der Waals surface area contributed by atoms with Crippen LogP contribution in [-0.2, 0) is 11.3 Å². The minimum atomic E-state index is 0.00132. The number of nitrogens with zero attached hydrogens (tertiary/aromatic N) is 1. The summed E-state index contributed by atoms with van der Waals surface area (Å²) in [6, 6.07) is 24.3. The number of anilines is 1. The molecule has 210 valence electrons. The second kappa shape index (κ2) is 10.5. The Kier molecular flexibility index (Phi) is 6.81. The van der Waals surface area contributed by atoms with Gasteiger partial charge in [-0.1, -0.05) is 65.9 Å². The molecule has 1 heterocycles. The number of benzene rings is 3. The summed E-state index contributed by atoms with van der Waals surface area (Å²) in [5.41, 5.74) is 5.12. The van der Waals surface area contributed by atoms with Gasteiger partial charge in [0.25, 0.3) is 11.8 Å². The fraction of sp³-hybridized carbons (Fsp3) is 0.389. The van der Waals surface area contributed by atoms with E-state index in [4.69, 9.17) is 0 Å². The van der Waals surface area contributed by atoms with Gasteiger partial charge in [-0.05, 0) is 117 Å². The molecule has 1 N–H and O–H groups in total. The van der Waals surface area contributed by atoms with Gasteiger partial charge in [-0.2, -0.15) is 0 Å². The van der Waals surface area contributed by atoms with Crippen molar-refractivity contribution in [1.29, 1.82) is 0 Å². The number of carbonyl (C=O) groups excluding carboxylic acids is 2.